The molecule has 4 heteroatoms. The number of amides is 1. The molecule has 0 bridgehead atoms. The maximum Gasteiger partial charge on any atom is 0.266 e. The number of hydrogen-bond donors (Lipinski definition) is 1. The molecule has 0 aliphatic rings. The highest BCUT2D eigenvalue weighted by atomic mass is 16.5. The van der Waals surface area contributed by atoms with E-state index in [1.54, 1.807) is 6.08 Å². The number of nitrogens with zero attached hydrogens (tertiary/aromatic N) is 1. The van der Waals surface area contributed by atoms with E-state index in [0.29, 0.717) is 18.0 Å². The topological polar surface area (TPSA) is 62.1 Å². The molecular weight excluding hydrogens is 348 g/mol. The first-order valence-corrected chi connectivity index (χ1v) is 9.26. The molecule has 0 aliphatic heterocycles. The van der Waals surface area contributed by atoms with Crippen molar-refractivity contribution in [2.75, 3.05) is 11.9 Å². The van der Waals surface area contributed by atoms with Gasteiger partial charge in [-0.2, -0.15) is 5.26 Å². The molecular formula is C24H22N2O2. The molecule has 0 fully saturated rings. The van der Waals surface area contributed by atoms with E-state index >= 15 is 0 Å². The Labute approximate surface area is 165 Å². The highest BCUT2D eigenvalue weighted by Gasteiger charge is 2.13. The third-order valence-electron chi connectivity index (χ3n) is 4.36. The van der Waals surface area contributed by atoms with Crippen molar-refractivity contribution in [1.29, 1.82) is 5.26 Å². The second-order valence-electron chi connectivity index (χ2n) is 6.54. The van der Waals surface area contributed by atoms with Crippen molar-refractivity contribution in [2.45, 2.75) is 20.3 Å². The van der Waals surface area contributed by atoms with Gasteiger partial charge in [-0.25, -0.2) is 0 Å². The van der Waals surface area contributed by atoms with Crippen molar-refractivity contribution in [3.63, 3.8) is 0 Å². The molecule has 0 radical (unpaired) electrons. The molecule has 0 spiro atoms. The third kappa shape index (κ3) is 4.39. The molecule has 0 saturated heterocycles. The number of carbonyl (C=O) groups is 1. The average Bonchev–Trinajstić information content (AvgIpc) is 2.72. The van der Waals surface area contributed by atoms with E-state index in [-0.39, 0.29) is 5.57 Å². The van der Waals surface area contributed by atoms with Gasteiger partial charge in [-0.3, -0.25) is 4.79 Å². The normalized spacial score (nSPS) is 11.1. The Morgan fingerprint density at radius 1 is 1.11 bits per heavy atom. The molecule has 3 rings (SSSR count). The molecule has 3 aromatic carbocycles. The van der Waals surface area contributed by atoms with E-state index in [1.165, 1.54) is 0 Å². The van der Waals surface area contributed by atoms with E-state index in [0.717, 1.165) is 28.3 Å². The van der Waals surface area contributed by atoms with E-state index in [4.69, 9.17) is 4.74 Å². The highest BCUT2D eigenvalue weighted by molar-refractivity contribution is 6.11. The van der Waals surface area contributed by atoms with Crippen LogP contribution in [0.5, 0.6) is 5.75 Å². The van der Waals surface area contributed by atoms with Crippen LogP contribution in [0.2, 0.25) is 0 Å². The van der Waals surface area contributed by atoms with Crippen LogP contribution in [0.15, 0.2) is 66.2 Å². The van der Waals surface area contributed by atoms with Gasteiger partial charge in [-0.1, -0.05) is 55.0 Å². The van der Waals surface area contributed by atoms with Gasteiger partial charge < -0.3 is 10.1 Å². The second kappa shape index (κ2) is 8.88. The maximum atomic E-state index is 12.7. The van der Waals surface area contributed by atoms with Gasteiger partial charge in [-0.15, -0.1) is 0 Å². The van der Waals surface area contributed by atoms with Gasteiger partial charge in [0.1, 0.15) is 17.4 Å². The van der Waals surface area contributed by atoms with Gasteiger partial charge in [0.25, 0.3) is 5.91 Å². The molecule has 3 aromatic rings. The van der Waals surface area contributed by atoms with E-state index in [1.807, 2.05) is 80.6 Å². The van der Waals surface area contributed by atoms with Gasteiger partial charge in [0.15, 0.2) is 0 Å². The lowest BCUT2D eigenvalue weighted by atomic mass is 10.0. The molecule has 0 atom stereocenters. The van der Waals surface area contributed by atoms with Crippen LogP contribution in [0.1, 0.15) is 24.5 Å². The van der Waals surface area contributed by atoms with Crippen LogP contribution in [0.25, 0.3) is 16.8 Å². The minimum Gasteiger partial charge on any atom is -0.493 e. The van der Waals surface area contributed by atoms with Crippen molar-refractivity contribution in [3.05, 3.63) is 77.4 Å². The monoisotopic (exact) mass is 370 g/mol. The van der Waals surface area contributed by atoms with E-state index in [9.17, 15) is 10.1 Å². The van der Waals surface area contributed by atoms with Crippen molar-refractivity contribution in [2.24, 2.45) is 0 Å². The van der Waals surface area contributed by atoms with Crippen molar-refractivity contribution >= 4 is 28.4 Å². The second-order valence-corrected chi connectivity index (χ2v) is 6.54. The predicted molar refractivity (Wildman–Crippen MR) is 113 cm³/mol. The number of benzene rings is 3. The first-order valence-electron chi connectivity index (χ1n) is 9.26. The van der Waals surface area contributed by atoms with Crippen LogP contribution >= 0.6 is 0 Å². The molecule has 4 nitrogen and oxygen atoms in total. The lowest BCUT2D eigenvalue weighted by Crippen LogP contribution is -2.13. The van der Waals surface area contributed by atoms with Gasteiger partial charge in [0, 0.05) is 11.3 Å². The summed E-state index contributed by atoms with van der Waals surface area (Å²) < 4.78 is 5.87. The highest BCUT2D eigenvalue weighted by Crippen LogP contribution is 2.30. The van der Waals surface area contributed by atoms with Crippen LogP contribution in [-0.4, -0.2) is 12.5 Å². The smallest absolute Gasteiger partial charge is 0.266 e. The summed E-state index contributed by atoms with van der Waals surface area (Å²) in [5, 5.41) is 14.3. The Morgan fingerprint density at radius 2 is 1.86 bits per heavy atom. The lowest BCUT2D eigenvalue weighted by molar-refractivity contribution is -0.112. The van der Waals surface area contributed by atoms with Gasteiger partial charge in [0.2, 0.25) is 0 Å². The molecule has 28 heavy (non-hydrogen) atoms. The summed E-state index contributed by atoms with van der Waals surface area (Å²) in [7, 11) is 0. The Kier molecular flexibility index (Phi) is 6.08. The summed E-state index contributed by atoms with van der Waals surface area (Å²) in [5.74, 6) is 0.220. The lowest BCUT2D eigenvalue weighted by Gasteiger charge is -2.12. The summed E-state index contributed by atoms with van der Waals surface area (Å²) >= 11 is 0. The molecule has 0 aliphatic carbocycles. The van der Waals surface area contributed by atoms with Crippen LogP contribution in [-0.2, 0) is 4.79 Å². The zero-order chi connectivity index (χ0) is 19.9. The zero-order valence-corrected chi connectivity index (χ0v) is 16.0. The molecule has 140 valence electrons. The number of nitriles is 1. The molecule has 0 saturated carbocycles. The number of rotatable bonds is 6. The van der Waals surface area contributed by atoms with Crippen LogP contribution in [0.4, 0.5) is 5.69 Å². The summed E-state index contributed by atoms with van der Waals surface area (Å²) in [6.45, 7) is 4.58. The quantitative estimate of drug-likeness (QED) is 0.461. The predicted octanol–water partition coefficient (Wildman–Crippen LogP) is 5.48. The maximum absolute atomic E-state index is 12.7. The van der Waals surface area contributed by atoms with E-state index in [2.05, 4.69) is 5.32 Å². The fraction of sp³-hybridized carbons (Fsp3) is 0.167. The largest absolute Gasteiger partial charge is 0.493 e. The zero-order valence-electron chi connectivity index (χ0n) is 16.0. The first kappa shape index (κ1) is 19.2. The van der Waals surface area contributed by atoms with E-state index < -0.39 is 5.91 Å². The molecule has 1 N–H and O–H groups in total. The van der Waals surface area contributed by atoms with Gasteiger partial charge in [-0.05, 0) is 48.4 Å². The molecule has 0 heterocycles. The number of hydrogen-bond acceptors (Lipinski definition) is 3. The number of fused-ring (bicyclic) bond motifs is 1. The molecule has 0 aromatic heterocycles. The minimum absolute atomic E-state index is 0.0262. The van der Waals surface area contributed by atoms with Gasteiger partial charge >= 0.3 is 0 Å². The fourth-order valence-electron chi connectivity index (χ4n) is 2.89. The molecule has 0 unspecified atom stereocenters. The summed E-state index contributed by atoms with van der Waals surface area (Å²) in [6.07, 6.45) is 2.48. The Balaban J connectivity index is 2.00. The Bertz CT molecular complexity index is 1060. The number of ether oxygens (including phenoxy) is 1. The summed E-state index contributed by atoms with van der Waals surface area (Å²) in [6, 6.07) is 21.2. The standard InChI is InChI=1S/C24H22N2O2/c1-3-14-28-23-13-10-18-6-4-5-7-21(18)22(23)15-19(16-25)24(27)26-20-11-8-17(2)9-12-20/h4-13,15H,3,14H2,1-2H3,(H,26,27)/b19-15+. The number of anilines is 1. The van der Waals surface area contributed by atoms with Crippen LogP contribution in [0.3, 0.4) is 0 Å². The number of carbonyl (C=O) groups excluding carboxylic acids is 1. The van der Waals surface area contributed by atoms with Crippen LogP contribution < -0.4 is 10.1 Å². The van der Waals surface area contributed by atoms with Crippen molar-refractivity contribution in [3.8, 4) is 11.8 Å². The molecule has 1 amide bonds. The Morgan fingerprint density at radius 3 is 2.57 bits per heavy atom. The van der Waals surface area contributed by atoms with Crippen molar-refractivity contribution < 1.29 is 9.53 Å². The minimum atomic E-state index is -0.444. The third-order valence-corrected chi connectivity index (χ3v) is 4.36. The van der Waals surface area contributed by atoms with Crippen LogP contribution in [0, 0.1) is 18.3 Å². The summed E-state index contributed by atoms with van der Waals surface area (Å²) in [5.41, 5.74) is 2.51. The number of aryl methyl sites for hydroxylation is 1. The summed E-state index contributed by atoms with van der Waals surface area (Å²) in [4.78, 5) is 12.7. The van der Waals surface area contributed by atoms with Gasteiger partial charge in [0.05, 0.1) is 6.61 Å². The SMILES string of the molecule is CCCOc1ccc2ccccc2c1/C=C(\C#N)C(=O)Nc1ccc(C)cc1. The number of nitrogens with one attached hydrogen (secondary N) is 1. The average molecular weight is 370 g/mol. The van der Waals surface area contributed by atoms with Crippen molar-refractivity contribution in [1.82, 2.24) is 0 Å². The fourth-order valence-corrected chi connectivity index (χ4v) is 2.89. The Hall–Kier alpha value is -3.58. The first-order chi connectivity index (χ1) is 13.6.